The van der Waals surface area contributed by atoms with Gasteiger partial charge in [0.1, 0.15) is 11.6 Å². The van der Waals surface area contributed by atoms with Crippen LogP contribution in [-0.2, 0) is 22.6 Å². The number of rotatable bonds is 5. The highest BCUT2D eigenvalue weighted by atomic mass is 32.2. The first-order chi connectivity index (χ1) is 16.8. The zero-order valence-electron chi connectivity index (χ0n) is 18.4. The Morgan fingerprint density at radius 3 is 2.42 bits per heavy atom. The molecule has 9 nitrogen and oxygen atoms in total. The maximum atomic E-state index is 14.8. The zero-order valence-corrected chi connectivity index (χ0v) is 19.2. The fourth-order valence-corrected chi connectivity index (χ4v) is 4.23. The number of aromatic nitrogens is 4. The van der Waals surface area contributed by atoms with Crippen LogP contribution in [0, 0.1) is 5.82 Å². The number of hydrogen-bond acceptors (Lipinski definition) is 8. The third-order valence-electron chi connectivity index (χ3n) is 4.97. The van der Waals surface area contributed by atoms with Crippen molar-refractivity contribution in [2.45, 2.75) is 17.7 Å². The molecule has 0 aliphatic rings. The third-order valence-corrected chi connectivity index (χ3v) is 5.99. The quantitative estimate of drug-likeness (QED) is 0.396. The van der Waals surface area contributed by atoms with Gasteiger partial charge in [0.25, 0.3) is 5.91 Å². The van der Waals surface area contributed by atoms with Crippen molar-refractivity contribution in [1.82, 2.24) is 19.9 Å². The molecular weight excluding hydrogens is 504 g/mol. The molecule has 1 aromatic carbocycles. The molecule has 4 rings (SSSR count). The number of nitrogens with two attached hydrogens (primary N) is 1. The number of hydrogen-bond donors (Lipinski definition) is 1. The molecule has 2 N–H and O–H groups in total. The number of nitrogen functional groups attached to an aromatic ring is 1. The number of nitrogens with zero attached hydrogens (tertiary/aromatic N) is 5. The second-order valence-electron chi connectivity index (χ2n) is 7.66. The zero-order chi connectivity index (χ0) is 26.3. The van der Waals surface area contributed by atoms with Crippen LogP contribution in [0.2, 0.25) is 0 Å². The lowest BCUT2D eigenvalue weighted by atomic mass is 10.1. The molecule has 0 saturated carbocycles. The van der Waals surface area contributed by atoms with Crippen LogP contribution in [0.4, 0.5) is 29.1 Å². The first-order valence-corrected chi connectivity index (χ1v) is 11.9. The van der Waals surface area contributed by atoms with E-state index in [0.29, 0.717) is 12.4 Å². The van der Waals surface area contributed by atoms with Crippen molar-refractivity contribution in [2.24, 2.45) is 0 Å². The van der Waals surface area contributed by atoms with Crippen molar-refractivity contribution in [2.75, 3.05) is 16.9 Å². The van der Waals surface area contributed by atoms with Gasteiger partial charge in [-0.2, -0.15) is 13.2 Å². The monoisotopic (exact) mass is 520 g/mol. The molecule has 0 spiro atoms. The van der Waals surface area contributed by atoms with Gasteiger partial charge in [-0.1, -0.05) is 0 Å². The van der Waals surface area contributed by atoms with Crippen molar-refractivity contribution in [3.05, 3.63) is 77.8 Å². The Balaban J connectivity index is 1.84. The van der Waals surface area contributed by atoms with Crippen LogP contribution < -0.4 is 10.6 Å². The second kappa shape index (κ2) is 9.11. The van der Waals surface area contributed by atoms with Gasteiger partial charge in [-0.15, -0.1) is 0 Å². The summed E-state index contributed by atoms with van der Waals surface area (Å²) >= 11 is 0. The fourth-order valence-electron chi connectivity index (χ4n) is 3.41. The molecule has 3 heterocycles. The smallest absolute Gasteiger partial charge is 0.384 e. The van der Waals surface area contributed by atoms with E-state index in [1.54, 1.807) is 0 Å². The van der Waals surface area contributed by atoms with Gasteiger partial charge >= 0.3 is 6.18 Å². The highest BCUT2D eigenvalue weighted by molar-refractivity contribution is 7.90. The van der Waals surface area contributed by atoms with Gasteiger partial charge in [0, 0.05) is 30.2 Å². The SMILES string of the molecule is CS(=O)(=O)c1ncccc1N(Cc1cc(F)c2ccc(N)nc2c1)C(=O)c1cnc(C(F)(F)F)nc1. The lowest BCUT2D eigenvalue weighted by Gasteiger charge is -2.24. The van der Waals surface area contributed by atoms with Crippen molar-refractivity contribution in [3.63, 3.8) is 0 Å². The Labute approximate surface area is 201 Å². The van der Waals surface area contributed by atoms with Crippen LogP contribution in [0.5, 0.6) is 0 Å². The number of carbonyl (C=O) groups is 1. The minimum atomic E-state index is -4.83. The topological polar surface area (TPSA) is 132 Å². The molecule has 0 atom stereocenters. The van der Waals surface area contributed by atoms with E-state index in [0.717, 1.165) is 17.2 Å². The van der Waals surface area contributed by atoms with Gasteiger partial charge in [0.2, 0.25) is 5.82 Å². The molecule has 1 amide bonds. The number of pyridine rings is 2. The van der Waals surface area contributed by atoms with Crippen LogP contribution in [0.15, 0.2) is 60.0 Å². The van der Waals surface area contributed by atoms with Crippen LogP contribution in [0.25, 0.3) is 10.9 Å². The Bertz CT molecular complexity index is 1580. The summed E-state index contributed by atoms with van der Waals surface area (Å²) in [4.78, 5) is 28.6. The van der Waals surface area contributed by atoms with Gasteiger partial charge in [0.15, 0.2) is 14.9 Å². The summed E-state index contributed by atoms with van der Waals surface area (Å²) in [5.41, 5.74) is 5.52. The predicted molar refractivity (Wildman–Crippen MR) is 121 cm³/mol. The number of sulfone groups is 1. The van der Waals surface area contributed by atoms with Crippen molar-refractivity contribution >= 4 is 38.2 Å². The molecule has 36 heavy (non-hydrogen) atoms. The minimum Gasteiger partial charge on any atom is -0.384 e. The van der Waals surface area contributed by atoms with Gasteiger partial charge in [-0.05, 0) is 42.0 Å². The maximum Gasteiger partial charge on any atom is 0.451 e. The molecule has 3 aromatic heterocycles. The number of carbonyl (C=O) groups excluding carboxylic acids is 1. The average molecular weight is 520 g/mol. The number of anilines is 2. The highest BCUT2D eigenvalue weighted by Crippen LogP contribution is 2.29. The van der Waals surface area contributed by atoms with Crippen LogP contribution >= 0.6 is 0 Å². The van der Waals surface area contributed by atoms with Crippen molar-refractivity contribution in [3.8, 4) is 0 Å². The fraction of sp³-hybridized carbons (Fsp3) is 0.136. The average Bonchev–Trinajstić information content (AvgIpc) is 2.81. The third kappa shape index (κ3) is 5.07. The van der Waals surface area contributed by atoms with E-state index in [9.17, 15) is 30.8 Å². The number of amides is 1. The van der Waals surface area contributed by atoms with E-state index in [1.807, 2.05) is 0 Å². The molecule has 0 fully saturated rings. The number of benzene rings is 1. The van der Waals surface area contributed by atoms with Crippen LogP contribution in [-0.4, -0.2) is 40.5 Å². The number of halogens is 4. The number of fused-ring (bicyclic) bond motifs is 1. The molecule has 186 valence electrons. The Morgan fingerprint density at radius 2 is 1.78 bits per heavy atom. The summed E-state index contributed by atoms with van der Waals surface area (Å²) in [7, 11) is -3.95. The van der Waals surface area contributed by atoms with E-state index in [-0.39, 0.29) is 33.5 Å². The lowest BCUT2D eigenvalue weighted by molar-refractivity contribution is -0.145. The van der Waals surface area contributed by atoms with Crippen LogP contribution in [0.3, 0.4) is 0 Å². The highest BCUT2D eigenvalue weighted by Gasteiger charge is 2.35. The van der Waals surface area contributed by atoms with Crippen molar-refractivity contribution in [1.29, 1.82) is 0 Å². The van der Waals surface area contributed by atoms with E-state index in [4.69, 9.17) is 5.73 Å². The maximum absolute atomic E-state index is 14.8. The minimum absolute atomic E-state index is 0.125. The van der Waals surface area contributed by atoms with E-state index in [1.165, 1.54) is 36.5 Å². The second-order valence-corrected chi connectivity index (χ2v) is 9.60. The molecule has 0 aliphatic heterocycles. The molecule has 4 aromatic rings. The van der Waals surface area contributed by atoms with Gasteiger partial charge in [0.05, 0.1) is 23.3 Å². The molecule has 0 bridgehead atoms. The summed E-state index contributed by atoms with van der Waals surface area (Å²) in [5.74, 6) is -2.94. The van der Waals surface area contributed by atoms with Crippen molar-refractivity contribution < 1.29 is 30.8 Å². The van der Waals surface area contributed by atoms with Gasteiger partial charge < -0.3 is 10.6 Å². The normalized spacial score (nSPS) is 12.0. The summed E-state index contributed by atoms with van der Waals surface area (Å²) in [6.45, 7) is -0.391. The summed E-state index contributed by atoms with van der Waals surface area (Å²) in [5, 5.41) is -0.296. The van der Waals surface area contributed by atoms with E-state index < -0.39 is 45.1 Å². The molecule has 14 heteroatoms. The largest absolute Gasteiger partial charge is 0.451 e. The number of alkyl halides is 3. The first-order valence-electron chi connectivity index (χ1n) is 10.1. The van der Waals surface area contributed by atoms with Gasteiger partial charge in [-0.3, -0.25) is 4.79 Å². The molecule has 0 radical (unpaired) electrons. The Hall–Kier alpha value is -4.20. The van der Waals surface area contributed by atoms with E-state index >= 15 is 0 Å². The first kappa shape index (κ1) is 24.9. The summed E-state index contributed by atoms with van der Waals surface area (Å²) in [6.07, 6.45) is -1.40. The molecule has 0 unspecified atom stereocenters. The Kier molecular flexibility index (Phi) is 6.30. The molecule has 0 aliphatic carbocycles. The van der Waals surface area contributed by atoms with Crippen LogP contribution in [0.1, 0.15) is 21.7 Å². The van der Waals surface area contributed by atoms with Gasteiger partial charge in [-0.25, -0.2) is 32.7 Å². The van der Waals surface area contributed by atoms with E-state index in [2.05, 4.69) is 19.9 Å². The lowest BCUT2D eigenvalue weighted by Crippen LogP contribution is -2.32. The molecular formula is C22H16F4N6O3S. The standard InChI is InChI=1S/C22H16F4N6O3S/c1-36(34,35)19-17(3-2-6-28-19)32(20(33)13-9-29-21(30-10-13)22(24,25)26)11-12-7-15(23)14-4-5-18(27)31-16(14)8-12/h2-10H,11H2,1H3,(H2,27,31). The molecule has 0 saturated heterocycles. The summed E-state index contributed by atoms with van der Waals surface area (Å²) < 4.78 is 78.1. The Morgan fingerprint density at radius 1 is 1.08 bits per heavy atom. The predicted octanol–water partition coefficient (Wildman–Crippen LogP) is 3.41. The summed E-state index contributed by atoms with van der Waals surface area (Å²) in [6, 6.07) is 8.09.